The number of ether oxygens (including phenoxy) is 1. The summed E-state index contributed by atoms with van der Waals surface area (Å²) in [6, 6.07) is 5.75. The van der Waals surface area contributed by atoms with Gasteiger partial charge in [-0.2, -0.15) is 0 Å². The second-order valence-corrected chi connectivity index (χ2v) is 3.80. The second-order valence-electron chi connectivity index (χ2n) is 3.80. The quantitative estimate of drug-likeness (QED) is 0.859. The third kappa shape index (κ3) is 3.07. The van der Waals surface area contributed by atoms with Crippen LogP contribution in [-0.4, -0.2) is 12.0 Å². The molecule has 0 aliphatic heterocycles. The summed E-state index contributed by atoms with van der Waals surface area (Å²) < 4.78 is 11.2. The molecule has 0 unspecified atom stereocenters. The minimum absolute atomic E-state index is 0.505. The van der Waals surface area contributed by atoms with Crippen molar-refractivity contribution < 1.29 is 9.15 Å². The first kappa shape index (κ1) is 11.7. The molecule has 0 bridgehead atoms. The van der Waals surface area contributed by atoms with E-state index in [2.05, 4.69) is 10.3 Å². The Morgan fingerprint density at radius 2 is 2.35 bits per heavy atom. The van der Waals surface area contributed by atoms with E-state index in [9.17, 15) is 0 Å². The molecule has 2 aromatic heterocycles. The average Bonchev–Trinajstić information content (AvgIpc) is 2.69. The summed E-state index contributed by atoms with van der Waals surface area (Å²) in [7, 11) is 1.89. The van der Waals surface area contributed by atoms with Gasteiger partial charge in [-0.1, -0.05) is 0 Å². The van der Waals surface area contributed by atoms with E-state index in [1.165, 1.54) is 0 Å². The second kappa shape index (κ2) is 5.50. The predicted octanol–water partition coefficient (Wildman–Crippen LogP) is 2.28. The van der Waals surface area contributed by atoms with Crippen LogP contribution in [0.3, 0.4) is 0 Å². The van der Waals surface area contributed by atoms with Gasteiger partial charge in [-0.05, 0) is 32.2 Å². The number of hydrogen-bond donors (Lipinski definition) is 1. The monoisotopic (exact) mass is 232 g/mol. The van der Waals surface area contributed by atoms with Crippen LogP contribution >= 0.6 is 0 Å². The van der Waals surface area contributed by atoms with Crippen molar-refractivity contribution in [1.29, 1.82) is 0 Å². The lowest BCUT2D eigenvalue weighted by atomic mass is 10.2. The summed E-state index contributed by atoms with van der Waals surface area (Å²) in [5.41, 5.74) is 1.07. The number of nitrogens with zero attached hydrogens (tertiary/aromatic N) is 1. The molecular weight excluding hydrogens is 216 g/mol. The zero-order valence-electron chi connectivity index (χ0n) is 10.1. The van der Waals surface area contributed by atoms with Gasteiger partial charge in [0.2, 0.25) is 0 Å². The first-order valence-corrected chi connectivity index (χ1v) is 5.55. The van der Waals surface area contributed by atoms with Gasteiger partial charge >= 0.3 is 0 Å². The number of nitrogens with one attached hydrogen (secondary N) is 1. The summed E-state index contributed by atoms with van der Waals surface area (Å²) in [6.45, 7) is 3.18. The van der Waals surface area contributed by atoms with E-state index in [0.717, 1.165) is 29.4 Å². The van der Waals surface area contributed by atoms with Gasteiger partial charge < -0.3 is 14.5 Å². The summed E-state index contributed by atoms with van der Waals surface area (Å²) in [4.78, 5) is 4.00. The predicted molar refractivity (Wildman–Crippen MR) is 64.8 cm³/mol. The summed E-state index contributed by atoms with van der Waals surface area (Å²) in [5, 5.41) is 3.05. The molecule has 4 heteroatoms. The van der Waals surface area contributed by atoms with E-state index in [0.29, 0.717) is 6.61 Å². The minimum atomic E-state index is 0.505. The van der Waals surface area contributed by atoms with Crippen LogP contribution in [0.15, 0.2) is 35.0 Å². The van der Waals surface area contributed by atoms with Crippen molar-refractivity contribution in [2.45, 2.75) is 20.1 Å². The van der Waals surface area contributed by atoms with Crippen LogP contribution in [0, 0.1) is 6.92 Å². The van der Waals surface area contributed by atoms with Crippen molar-refractivity contribution in [3.05, 3.63) is 47.7 Å². The molecule has 0 aliphatic carbocycles. The molecule has 17 heavy (non-hydrogen) atoms. The fourth-order valence-electron chi connectivity index (χ4n) is 1.59. The van der Waals surface area contributed by atoms with Crippen LogP contribution in [0.25, 0.3) is 0 Å². The number of pyridine rings is 1. The Bertz CT molecular complexity index is 466. The van der Waals surface area contributed by atoms with E-state index in [-0.39, 0.29) is 0 Å². The Balaban J connectivity index is 1.99. The molecule has 0 atom stereocenters. The fraction of sp³-hybridized carbons (Fsp3) is 0.308. The highest BCUT2D eigenvalue weighted by molar-refractivity contribution is 5.22. The lowest BCUT2D eigenvalue weighted by Crippen LogP contribution is -2.03. The topological polar surface area (TPSA) is 47.3 Å². The van der Waals surface area contributed by atoms with Crippen LogP contribution < -0.4 is 10.1 Å². The fourth-order valence-corrected chi connectivity index (χ4v) is 1.59. The van der Waals surface area contributed by atoms with Gasteiger partial charge in [0, 0.05) is 11.8 Å². The van der Waals surface area contributed by atoms with Gasteiger partial charge in [0.05, 0.1) is 12.7 Å². The number of rotatable bonds is 5. The molecule has 0 saturated carbocycles. The van der Waals surface area contributed by atoms with Crippen molar-refractivity contribution in [3.63, 3.8) is 0 Å². The molecule has 1 N–H and O–H groups in total. The number of furan rings is 1. The molecule has 0 fully saturated rings. The Labute approximate surface area is 101 Å². The van der Waals surface area contributed by atoms with Crippen molar-refractivity contribution in [2.75, 3.05) is 7.05 Å². The molecule has 0 aliphatic rings. The molecule has 2 rings (SSSR count). The van der Waals surface area contributed by atoms with Crippen LogP contribution in [0.4, 0.5) is 0 Å². The van der Waals surface area contributed by atoms with E-state index in [1.807, 2.05) is 32.2 Å². The number of aryl methyl sites for hydroxylation is 1. The highest BCUT2D eigenvalue weighted by Crippen LogP contribution is 2.17. The van der Waals surface area contributed by atoms with Crippen LogP contribution in [-0.2, 0) is 13.2 Å². The van der Waals surface area contributed by atoms with E-state index < -0.39 is 0 Å². The maximum absolute atomic E-state index is 5.62. The molecule has 4 nitrogen and oxygen atoms in total. The molecule has 0 aromatic carbocycles. The van der Waals surface area contributed by atoms with Crippen molar-refractivity contribution in [1.82, 2.24) is 10.3 Å². The third-order valence-electron chi connectivity index (χ3n) is 2.45. The van der Waals surface area contributed by atoms with Crippen LogP contribution in [0.2, 0.25) is 0 Å². The Hall–Kier alpha value is -1.81. The van der Waals surface area contributed by atoms with Crippen molar-refractivity contribution >= 4 is 0 Å². The average molecular weight is 232 g/mol. The molecule has 0 radical (unpaired) electrons. The van der Waals surface area contributed by atoms with E-state index >= 15 is 0 Å². The van der Waals surface area contributed by atoms with Gasteiger partial charge in [-0.3, -0.25) is 4.98 Å². The van der Waals surface area contributed by atoms with Crippen LogP contribution in [0.5, 0.6) is 5.75 Å². The van der Waals surface area contributed by atoms with Gasteiger partial charge in [0.25, 0.3) is 0 Å². The Morgan fingerprint density at radius 3 is 3.06 bits per heavy atom. The van der Waals surface area contributed by atoms with E-state index in [4.69, 9.17) is 9.15 Å². The smallest absolute Gasteiger partial charge is 0.138 e. The molecule has 0 saturated heterocycles. The lowest BCUT2D eigenvalue weighted by molar-refractivity contribution is 0.302. The van der Waals surface area contributed by atoms with Gasteiger partial charge in [-0.25, -0.2) is 0 Å². The third-order valence-corrected chi connectivity index (χ3v) is 2.45. The maximum atomic E-state index is 5.62. The molecule has 0 spiro atoms. The van der Waals surface area contributed by atoms with Gasteiger partial charge in [0.1, 0.15) is 23.9 Å². The maximum Gasteiger partial charge on any atom is 0.138 e. The molecular formula is C13H16N2O2. The Morgan fingerprint density at radius 1 is 1.47 bits per heavy atom. The SMILES string of the molecule is CNCc1cc(COc2cccnc2)c(C)o1. The summed E-state index contributed by atoms with van der Waals surface area (Å²) in [6.07, 6.45) is 3.42. The Kier molecular flexibility index (Phi) is 3.77. The zero-order valence-corrected chi connectivity index (χ0v) is 10.1. The molecule has 2 heterocycles. The first-order chi connectivity index (χ1) is 8.29. The van der Waals surface area contributed by atoms with E-state index in [1.54, 1.807) is 12.4 Å². The number of hydrogen-bond acceptors (Lipinski definition) is 4. The number of aromatic nitrogens is 1. The zero-order chi connectivity index (χ0) is 12.1. The standard InChI is InChI=1S/C13H16N2O2/c1-10-11(6-13(17-10)7-14-2)9-16-12-4-3-5-15-8-12/h3-6,8,14H,7,9H2,1-2H3. The lowest BCUT2D eigenvalue weighted by Gasteiger charge is -2.03. The van der Waals surface area contributed by atoms with Gasteiger partial charge in [0.15, 0.2) is 0 Å². The first-order valence-electron chi connectivity index (χ1n) is 5.55. The van der Waals surface area contributed by atoms with Crippen molar-refractivity contribution in [3.8, 4) is 5.75 Å². The highest BCUT2D eigenvalue weighted by Gasteiger charge is 2.07. The van der Waals surface area contributed by atoms with Crippen molar-refractivity contribution in [2.24, 2.45) is 0 Å². The van der Waals surface area contributed by atoms with Crippen LogP contribution in [0.1, 0.15) is 17.1 Å². The highest BCUT2D eigenvalue weighted by atomic mass is 16.5. The normalized spacial score (nSPS) is 10.5. The largest absolute Gasteiger partial charge is 0.487 e. The summed E-state index contributed by atoms with van der Waals surface area (Å²) >= 11 is 0. The molecule has 2 aromatic rings. The minimum Gasteiger partial charge on any atom is -0.487 e. The van der Waals surface area contributed by atoms with Gasteiger partial charge in [-0.15, -0.1) is 0 Å². The molecule has 90 valence electrons. The molecule has 0 amide bonds. The summed E-state index contributed by atoms with van der Waals surface area (Å²) in [5.74, 6) is 2.59.